The van der Waals surface area contributed by atoms with Crippen molar-refractivity contribution >= 4 is 11.8 Å². The normalized spacial score (nSPS) is 17.3. The monoisotopic (exact) mass is 150 g/mol. The highest BCUT2D eigenvalue weighted by atomic mass is 32.2. The number of hydrogen-bond acceptors (Lipinski definition) is 3. The van der Waals surface area contributed by atoms with E-state index in [1.54, 1.807) is 0 Å². The summed E-state index contributed by atoms with van der Waals surface area (Å²) in [7, 11) is 0. The SMILES string of the molecule is CCC(O)SC(O)CC. The van der Waals surface area contributed by atoms with E-state index in [1.165, 1.54) is 11.8 Å². The van der Waals surface area contributed by atoms with Gasteiger partial charge in [0, 0.05) is 0 Å². The Bertz CT molecular complexity index is 60.1. The van der Waals surface area contributed by atoms with E-state index in [0.717, 1.165) is 0 Å². The van der Waals surface area contributed by atoms with Crippen LogP contribution >= 0.6 is 11.8 Å². The van der Waals surface area contributed by atoms with Crippen molar-refractivity contribution in [1.29, 1.82) is 0 Å². The molecule has 3 heteroatoms. The number of aliphatic hydroxyl groups excluding tert-OH is 2. The fourth-order valence-corrected chi connectivity index (χ4v) is 1.12. The number of hydrogen-bond donors (Lipinski definition) is 2. The van der Waals surface area contributed by atoms with Gasteiger partial charge in [0.05, 0.1) is 0 Å². The zero-order valence-corrected chi connectivity index (χ0v) is 6.69. The maximum atomic E-state index is 8.96. The first-order valence-electron chi connectivity index (χ1n) is 3.22. The van der Waals surface area contributed by atoms with Crippen LogP contribution in [-0.4, -0.2) is 21.1 Å². The molecule has 0 radical (unpaired) electrons. The van der Waals surface area contributed by atoms with Crippen LogP contribution in [-0.2, 0) is 0 Å². The second-order valence-electron chi connectivity index (χ2n) is 1.86. The third-order valence-electron chi connectivity index (χ3n) is 1.01. The van der Waals surface area contributed by atoms with Crippen LogP contribution in [0.1, 0.15) is 26.7 Å². The molecule has 0 spiro atoms. The van der Waals surface area contributed by atoms with Crippen LogP contribution in [0.25, 0.3) is 0 Å². The largest absolute Gasteiger partial charge is 0.382 e. The molecule has 2 atom stereocenters. The predicted molar refractivity (Wildman–Crippen MR) is 40.2 cm³/mol. The van der Waals surface area contributed by atoms with Gasteiger partial charge in [-0.25, -0.2) is 0 Å². The van der Waals surface area contributed by atoms with Gasteiger partial charge in [0.25, 0.3) is 0 Å². The molecular formula is C6H14O2S. The molecular weight excluding hydrogens is 136 g/mol. The van der Waals surface area contributed by atoms with Gasteiger partial charge in [0.1, 0.15) is 10.9 Å². The Hall–Kier alpha value is 0.270. The molecule has 0 aromatic carbocycles. The van der Waals surface area contributed by atoms with Crippen LogP contribution in [0.15, 0.2) is 0 Å². The smallest absolute Gasteiger partial charge is 0.101 e. The highest BCUT2D eigenvalue weighted by molar-refractivity contribution is 8.00. The van der Waals surface area contributed by atoms with Gasteiger partial charge in [-0.1, -0.05) is 25.6 Å². The molecule has 0 aromatic rings. The summed E-state index contributed by atoms with van der Waals surface area (Å²) in [6.07, 6.45) is 1.39. The molecule has 2 unspecified atom stereocenters. The van der Waals surface area contributed by atoms with Crippen LogP contribution in [0, 0.1) is 0 Å². The summed E-state index contributed by atoms with van der Waals surface area (Å²) in [6.45, 7) is 3.78. The lowest BCUT2D eigenvalue weighted by Crippen LogP contribution is -2.07. The van der Waals surface area contributed by atoms with Crippen molar-refractivity contribution < 1.29 is 10.2 Å². The van der Waals surface area contributed by atoms with Crippen molar-refractivity contribution in [2.75, 3.05) is 0 Å². The molecule has 0 aliphatic carbocycles. The summed E-state index contributed by atoms with van der Waals surface area (Å²) in [6, 6.07) is 0. The van der Waals surface area contributed by atoms with Crippen LogP contribution < -0.4 is 0 Å². The summed E-state index contributed by atoms with van der Waals surface area (Å²) in [5, 5.41) is 17.9. The highest BCUT2D eigenvalue weighted by Gasteiger charge is 2.06. The van der Waals surface area contributed by atoms with Gasteiger partial charge in [-0.2, -0.15) is 0 Å². The van der Waals surface area contributed by atoms with E-state index in [2.05, 4.69) is 0 Å². The molecule has 2 N–H and O–H groups in total. The Morgan fingerprint density at radius 3 is 1.67 bits per heavy atom. The van der Waals surface area contributed by atoms with Crippen molar-refractivity contribution in [2.45, 2.75) is 37.6 Å². The molecule has 0 saturated heterocycles. The summed E-state index contributed by atoms with van der Waals surface area (Å²) >= 11 is 1.21. The Kier molecular flexibility index (Phi) is 5.24. The van der Waals surface area contributed by atoms with Crippen molar-refractivity contribution in [3.05, 3.63) is 0 Å². The third-order valence-corrected chi connectivity index (χ3v) is 2.31. The summed E-state index contributed by atoms with van der Waals surface area (Å²) < 4.78 is 0. The van der Waals surface area contributed by atoms with E-state index < -0.39 is 10.9 Å². The van der Waals surface area contributed by atoms with Gasteiger partial charge in [0.2, 0.25) is 0 Å². The van der Waals surface area contributed by atoms with E-state index in [4.69, 9.17) is 10.2 Å². The molecule has 56 valence electrons. The molecule has 2 nitrogen and oxygen atoms in total. The standard InChI is InChI=1S/C6H14O2S/c1-3-5(7)9-6(8)4-2/h5-8H,3-4H2,1-2H3. The van der Waals surface area contributed by atoms with Gasteiger partial charge >= 0.3 is 0 Å². The summed E-state index contributed by atoms with van der Waals surface area (Å²) in [4.78, 5) is 0. The third kappa shape index (κ3) is 4.75. The molecule has 0 fully saturated rings. The number of rotatable bonds is 4. The Balaban J connectivity index is 3.22. The Morgan fingerprint density at radius 1 is 1.11 bits per heavy atom. The molecule has 0 aromatic heterocycles. The number of thioether (sulfide) groups is 1. The van der Waals surface area contributed by atoms with E-state index in [-0.39, 0.29) is 0 Å². The minimum Gasteiger partial charge on any atom is -0.382 e. The second kappa shape index (κ2) is 5.09. The van der Waals surface area contributed by atoms with E-state index in [0.29, 0.717) is 12.8 Å². The molecule has 9 heavy (non-hydrogen) atoms. The molecule has 0 heterocycles. The van der Waals surface area contributed by atoms with Crippen molar-refractivity contribution in [3.8, 4) is 0 Å². The Labute approximate surface area is 60.3 Å². The van der Waals surface area contributed by atoms with Crippen LogP contribution in [0.2, 0.25) is 0 Å². The maximum absolute atomic E-state index is 8.96. The predicted octanol–water partition coefficient (Wildman–Crippen LogP) is 1.18. The quantitative estimate of drug-likeness (QED) is 0.591. The van der Waals surface area contributed by atoms with Crippen LogP contribution in [0.4, 0.5) is 0 Å². The van der Waals surface area contributed by atoms with Crippen molar-refractivity contribution in [1.82, 2.24) is 0 Å². The zero-order chi connectivity index (χ0) is 7.28. The minimum atomic E-state index is -0.403. The van der Waals surface area contributed by atoms with Gasteiger partial charge in [0.15, 0.2) is 0 Å². The minimum absolute atomic E-state index is 0.403. The first kappa shape index (κ1) is 9.27. The molecule has 0 rings (SSSR count). The summed E-state index contributed by atoms with van der Waals surface area (Å²) in [5.74, 6) is 0. The fourth-order valence-electron chi connectivity index (χ4n) is 0.374. The fraction of sp³-hybridized carbons (Fsp3) is 1.00. The summed E-state index contributed by atoms with van der Waals surface area (Å²) in [5.41, 5.74) is -0.806. The first-order valence-corrected chi connectivity index (χ1v) is 4.16. The molecule has 0 bridgehead atoms. The molecule has 0 aliphatic rings. The van der Waals surface area contributed by atoms with Gasteiger partial charge in [-0.3, -0.25) is 0 Å². The lowest BCUT2D eigenvalue weighted by atomic mass is 10.5. The van der Waals surface area contributed by atoms with Crippen LogP contribution in [0.5, 0.6) is 0 Å². The average molecular weight is 150 g/mol. The molecule has 0 saturated carbocycles. The lowest BCUT2D eigenvalue weighted by molar-refractivity contribution is 0.231. The lowest BCUT2D eigenvalue weighted by Gasteiger charge is -2.10. The number of aliphatic hydroxyl groups is 2. The van der Waals surface area contributed by atoms with Gasteiger partial charge in [-0.15, -0.1) is 0 Å². The van der Waals surface area contributed by atoms with Crippen LogP contribution in [0.3, 0.4) is 0 Å². The van der Waals surface area contributed by atoms with Crippen molar-refractivity contribution in [3.63, 3.8) is 0 Å². The second-order valence-corrected chi connectivity index (χ2v) is 3.22. The van der Waals surface area contributed by atoms with Crippen molar-refractivity contribution in [2.24, 2.45) is 0 Å². The average Bonchev–Trinajstić information content (AvgIpc) is 1.87. The highest BCUT2D eigenvalue weighted by Crippen LogP contribution is 2.17. The van der Waals surface area contributed by atoms with Gasteiger partial charge < -0.3 is 10.2 Å². The van der Waals surface area contributed by atoms with Gasteiger partial charge in [-0.05, 0) is 12.8 Å². The first-order chi connectivity index (χ1) is 4.20. The Morgan fingerprint density at radius 2 is 1.44 bits per heavy atom. The molecule has 0 aliphatic heterocycles. The van der Waals surface area contributed by atoms with E-state index in [9.17, 15) is 0 Å². The van der Waals surface area contributed by atoms with E-state index in [1.807, 2.05) is 13.8 Å². The van der Waals surface area contributed by atoms with E-state index >= 15 is 0 Å². The molecule has 0 amide bonds. The zero-order valence-electron chi connectivity index (χ0n) is 5.87. The topological polar surface area (TPSA) is 40.5 Å². The maximum Gasteiger partial charge on any atom is 0.101 e.